The average molecular weight is 293 g/mol. The number of amides is 1. The van der Waals surface area contributed by atoms with Gasteiger partial charge in [-0.3, -0.25) is 9.69 Å². The number of carbonyl (C=O) groups excluding carboxylic acids is 1. The zero-order valence-electron chi connectivity index (χ0n) is 12.8. The second-order valence-electron chi connectivity index (χ2n) is 5.60. The first-order chi connectivity index (χ1) is 10.1. The molecule has 0 spiro atoms. The van der Waals surface area contributed by atoms with Gasteiger partial charge in [0.25, 0.3) is 0 Å². The molecule has 116 valence electrons. The van der Waals surface area contributed by atoms with Gasteiger partial charge in [0.1, 0.15) is 5.82 Å². The lowest BCUT2D eigenvalue weighted by molar-refractivity contribution is -0.135. The zero-order valence-corrected chi connectivity index (χ0v) is 12.8. The lowest BCUT2D eigenvalue weighted by Crippen LogP contribution is -2.51. The van der Waals surface area contributed by atoms with Crippen molar-refractivity contribution in [1.82, 2.24) is 15.1 Å². The fraction of sp³-hybridized carbons (Fsp3) is 0.562. The molecule has 1 aromatic rings. The number of rotatable bonds is 5. The van der Waals surface area contributed by atoms with Crippen LogP contribution in [0.5, 0.6) is 0 Å². The number of halogens is 1. The van der Waals surface area contributed by atoms with Gasteiger partial charge in [0.15, 0.2) is 0 Å². The molecule has 1 atom stereocenters. The quantitative estimate of drug-likeness (QED) is 0.896. The van der Waals surface area contributed by atoms with Gasteiger partial charge in [-0.15, -0.1) is 0 Å². The van der Waals surface area contributed by atoms with Crippen molar-refractivity contribution in [3.8, 4) is 0 Å². The summed E-state index contributed by atoms with van der Waals surface area (Å²) in [7, 11) is 1.96. The van der Waals surface area contributed by atoms with Gasteiger partial charge in [-0.1, -0.05) is 19.1 Å². The molecule has 21 heavy (non-hydrogen) atoms. The normalized spacial score (nSPS) is 19.0. The largest absolute Gasteiger partial charge is 0.332 e. The van der Waals surface area contributed by atoms with Crippen LogP contribution in [0.15, 0.2) is 24.3 Å². The first-order valence-corrected chi connectivity index (χ1v) is 7.56. The summed E-state index contributed by atoms with van der Waals surface area (Å²) in [6.45, 7) is 5.55. The molecule has 1 heterocycles. The van der Waals surface area contributed by atoms with Crippen molar-refractivity contribution >= 4 is 5.91 Å². The summed E-state index contributed by atoms with van der Waals surface area (Å²) in [6.07, 6.45) is 1.03. The molecule has 1 aliphatic heterocycles. The van der Waals surface area contributed by atoms with E-state index in [0.29, 0.717) is 19.6 Å². The van der Waals surface area contributed by atoms with Crippen LogP contribution in [0.25, 0.3) is 0 Å². The number of nitrogens with zero attached hydrogens (tertiary/aromatic N) is 2. The number of piperazine rings is 1. The molecule has 4 nitrogen and oxygen atoms in total. The maximum atomic E-state index is 13.4. The maximum absolute atomic E-state index is 13.4. The van der Waals surface area contributed by atoms with E-state index in [4.69, 9.17) is 0 Å². The monoisotopic (exact) mass is 293 g/mol. The highest BCUT2D eigenvalue weighted by Crippen LogP contribution is 2.23. The zero-order chi connectivity index (χ0) is 15.2. The Labute approximate surface area is 125 Å². The molecular formula is C16H24FN3O. The van der Waals surface area contributed by atoms with Crippen LogP contribution < -0.4 is 5.32 Å². The highest BCUT2D eigenvalue weighted by Gasteiger charge is 2.28. The third kappa shape index (κ3) is 4.25. The first-order valence-electron chi connectivity index (χ1n) is 7.56. The van der Waals surface area contributed by atoms with Crippen LogP contribution in [0, 0.1) is 5.82 Å². The number of carbonyl (C=O) groups is 1. The van der Waals surface area contributed by atoms with E-state index in [0.717, 1.165) is 25.1 Å². The number of hydrogen-bond donors (Lipinski definition) is 1. The third-order valence-corrected chi connectivity index (χ3v) is 3.81. The van der Waals surface area contributed by atoms with E-state index in [1.54, 1.807) is 6.07 Å². The second kappa shape index (κ2) is 7.52. The van der Waals surface area contributed by atoms with Crippen molar-refractivity contribution in [2.24, 2.45) is 0 Å². The smallest absolute Gasteiger partial charge is 0.237 e. The number of hydrogen-bond acceptors (Lipinski definition) is 3. The van der Waals surface area contributed by atoms with Gasteiger partial charge in [-0.05, 0) is 37.7 Å². The van der Waals surface area contributed by atoms with Gasteiger partial charge in [0.2, 0.25) is 5.91 Å². The van der Waals surface area contributed by atoms with E-state index < -0.39 is 0 Å². The van der Waals surface area contributed by atoms with Gasteiger partial charge >= 0.3 is 0 Å². The van der Waals surface area contributed by atoms with Crippen molar-refractivity contribution in [3.05, 3.63) is 35.6 Å². The minimum atomic E-state index is -0.256. The predicted molar refractivity (Wildman–Crippen MR) is 81.5 cm³/mol. The van der Waals surface area contributed by atoms with E-state index in [2.05, 4.69) is 12.2 Å². The van der Waals surface area contributed by atoms with E-state index in [1.165, 1.54) is 12.1 Å². The summed E-state index contributed by atoms with van der Waals surface area (Å²) in [5.41, 5.74) is 0.855. The molecule has 0 aliphatic carbocycles. The standard InChI is InChI=1S/C16H24FN3O/c1-3-8-19(2)12-16(21)20-9-7-18-11-15(20)13-5-4-6-14(17)10-13/h4-6,10,15,18H,3,7-9,11-12H2,1-2H3. The summed E-state index contributed by atoms with van der Waals surface area (Å²) in [5.74, 6) is -0.143. The molecule has 1 saturated heterocycles. The summed E-state index contributed by atoms with van der Waals surface area (Å²) in [4.78, 5) is 16.4. The molecule has 1 amide bonds. The van der Waals surface area contributed by atoms with Crippen molar-refractivity contribution in [2.75, 3.05) is 39.8 Å². The number of likely N-dealkylation sites (N-methyl/N-ethyl adjacent to an activating group) is 1. The van der Waals surface area contributed by atoms with Crippen molar-refractivity contribution in [1.29, 1.82) is 0 Å². The lowest BCUT2D eigenvalue weighted by Gasteiger charge is -2.37. The Morgan fingerprint density at radius 1 is 1.52 bits per heavy atom. The van der Waals surface area contributed by atoms with Gasteiger partial charge in [0, 0.05) is 19.6 Å². The van der Waals surface area contributed by atoms with Crippen molar-refractivity contribution in [2.45, 2.75) is 19.4 Å². The van der Waals surface area contributed by atoms with Crippen molar-refractivity contribution in [3.63, 3.8) is 0 Å². The second-order valence-corrected chi connectivity index (χ2v) is 5.60. The van der Waals surface area contributed by atoms with Gasteiger partial charge < -0.3 is 10.2 Å². The van der Waals surface area contributed by atoms with Crippen LogP contribution in [0.4, 0.5) is 4.39 Å². The third-order valence-electron chi connectivity index (χ3n) is 3.81. The molecular weight excluding hydrogens is 269 g/mol. The molecule has 0 bridgehead atoms. The highest BCUT2D eigenvalue weighted by molar-refractivity contribution is 5.79. The predicted octanol–water partition coefficient (Wildman–Crippen LogP) is 1.64. The SMILES string of the molecule is CCCN(C)CC(=O)N1CCNCC1c1cccc(F)c1. The lowest BCUT2D eigenvalue weighted by atomic mass is 10.0. The Bertz CT molecular complexity index is 480. The Balaban J connectivity index is 2.10. The Morgan fingerprint density at radius 3 is 3.05 bits per heavy atom. The van der Waals surface area contributed by atoms with E-state index in [1.807, 2.05) is 22.9 Å². The number of benzene rings is 1. The minimum Gasteiger partial charge on any atom is -0.332 e. The first kappa shape index (κ1) is 15.9. The summed E-state index contributed by atoms with van der Waals surface area (Å²) < 4.78 is 13.4. The molecule has 0 aromatic heterocycles. The van der Waals surface area contributed by atoms with Crippen LogP contribution in [-0.4, -0.2) is 55.5 Å². The Kier molecular flexibility index (Phi) is 5.70. The van der Waals surface area contributed by atoms with E-state index >= 15 is 0 Å². The number of nitrogens with one attached hydrogen (secondary N) is 1. The van der Waals surface area contributed by atoms with Gasteiger partial charge in [0.05, 0.1) is 12.6 Å². The summed E-state index contributed by atoms with van der Waals surface area (Å²) >= 11 is 0. The van der Waals surface area contributed by atoms with Crippen LogP contribution in [-0.2, 0) is 4.79 Å². The molecule has 1 aromatic carbocycles. The molecule has 5 heteroatoms. The van der Waals surface area contributed by atoms with Gasteiger partial charge in [-0.2, -0.15) is 0 Å². The van der Waals surface area contributed by atoms with Gasteiger partial charge in [-0.25, -0.2) is 4.39 Å². The minimum absolute atomic E-state index is 0.0861. The topological polar surface area (TPSA) is 35.6 Å². The van der Waals surface area contributed by atoms with Crippen molar-refractivity contribution < 1.29 is 9.18 Å². The molecule has 2 rings (SSSR count). The molecule has 0 saturated carbocycles. The fourth-order valence-electron chi connectivity index (χ4n) is 2.80. The molecule has 1 unspecified atom stereocenters. The van der Waals surface area contributed by atoms with Crippen LogP contribution >= 0.6 is 0 Å². The van der Waals surface area contributed by atoms with E-state index in [-0.39, 0.29) is 17.8 Å². The van der Waals surface area contributed by atoms with Crippen LogP contribution in [0.3, 0.4) is 0 Å². The Hall–Kier alpha value is -1.46. The summed E-state index contributed by atoms with van der Waals surface area (Å²) in [6, 6.07) is 6.45. The van der Waals surface area contributed by atoms with Crippen LogP contribution in [0.2, 0.25) is 0 Å². The Morgan fingerprint density at radius 2 is 2.33 bits per heavy atom. The maximum Gasteiger partial charge on any atom is 0.237 e. The summed E-state index contributed by atoms with van der Waals surface area (Å²) in [5, 5.41) is 3.29. The van der Waals surface area contributed by atoms with Crippen LogP contribution in [0.1, 0.15) is 24.9 Å². The average Bonchev–Trinajstić information content (AvgIpc) is 2.47. The molecule has 1 fully saturated rings. The molecule has 1 aliphatic rings. The highest BCUT2D eigenvalue weighted by atomic mass is 19.1. The van der Waals surface area contributed by atoms with E-state index in [9.17, 15) is 9.18 Å². The molecule has 0 radical (unpaired) electrons. The fourth-order valence-corrected chi connectivity index (χ4v) is 2.80. The molecule has 1 N–H and O–H groups in total.